The van der Waals surface area contributed by atoms with Crippen LogP contribution in [0.3, 0.4) is 0 Å². The largest absolute Gasteiger partial charge is 0.489 e. The molecule has 4 rings (SSSR count). The molecular formula is C23H15BrClNO3. The molecule has 1 aliphatic rings. The van der Waals surface area contributed by atoms with E-state index in [1.54, 1.807) is 6.08 Å². The highest BCUT2D eigenvalue weighted by molar-refractivity contribution is 9.10. The first-order valence-corrected chi connectivity index (χ1v) is 10.0. The first-order chi connectivity index (χ1) is 14.1. The number of carbonyl (C=O) groups excluding carboxylic acids is 1. The third kappa shape index (κ3) is 4.75. The molecule has 0 spiro atoms. The van der Waals surface area contributed by atoms with Crippen LogP contribution in [0.15, 0.2) is 88.0 Å². The summed E-state index contributed by atoms with van der Waals surface area (Å²) in [5, 5.41) is 0.661. The van der Waals surface area contributed by atoms with Crippen LogP contribution in [-0.4, -0.2) is 11.9 Å². The van der Waals surface area contributed by atoms with Crippen molar-refractivity contribution in [1.29, 1.82) is 0 Å². The van der Waals surface area contributed by atoms with Crippen LogP contribution in [0, 0.1) is 0 Å². The zero-order valence-corrected chi connectivity index (χ0v) is 17.5. The van der Waals surface area contributed by atoms with Gasteiger partial charge in [0.05, 0.1) is 0 Å². The van der Waals surface area contributed by atoms with E-state index in [1.165, 1.54) is 0 Å². The lowest BCUT2D eigenvalue weighted by Crippen LogP contribution is -2.05. The van der Waals surface area contributed by atoms with Crippen LogP contribution >= 0.6 is 27.5 Å². The van der Waals surface area contributed by atoms with E-state index in [2.05, 4.69) is 20.9 Å². The molecule has 0 saturated heterocycles. The topological polar surface area (TPSA) is 47.9 Å². The standard InChI is InChI=1S/C23H15BrClNO3/c24-18-10-8-16(9-11-18)22-26-21(23(27)29-22)13-15-4-3-6-19(12-15)28-14-17-5-1-2-7-20(17)25/h1-13H,14H2/b21-13+. The van der Waals surface area contributed by atoms with Gasteiger partial charge in [-0.2, -0.15) is 0 Å². The summed E-state index contributed by atoms with van der Waals surface area (Å²) in [6.45, 7) is 0.355. The number of esters is 1. The predicted molar refractivity (Wildman–Crippen MR) is 117 cm³/mol. The van der Waals surface area contributed by atoms with E-state index < -0.39 is 5.97 Å². The molecule has 4 nitrogen and oxygen atoms in total. The zero-order valence-electron chi connectivity index (χ0n) is 15.1. The Bertz CT molecular complexity index is 1120. The molecule has 0 unspecified atom stereocenters. The van der Waals surface area contributed by atoms with Gasteiger partial charge < -0.3 is 9.47 Å². The lowest BCUT2D eigenvalue weighted by atomic mass is 10.2. The van der Waals surface area contributed by atoms with Gasteiger partial charge >= 0.3 is 5.97 Å². The lowest BCUT2D eigenvalue weighted by molar-refractivity contribution is -0.129. The molecule has 0 amide bonds. The van der Waals surface area contributed by atoms with E-state index in [-0.39, 0.29) is 5.70 Å². The van der Waals surface area contributed by atoms with Crippen molar-refractivity contribution in [2.75, 3.05) is 0 Å². The first kappa shape index (κ1) is 19.4. The third-order valence-corrected chi connectivity index (χ3v) is 5.12. The summed E-state index contributed by atoms with van der Waals surface area (Å²) in [6.07, 6.45) is 1.68. The number of cyclic esters (lactones) is 1. The van der Waals surface area contributed by atoms with Gasteiger partial charge in [-0.1, -0.05) is 57.9 Å². The number of rotatable bonds is 5. The number of hydrogen-bond donors (Lipinski definition) is 0. The van der Waals surface area contributed by atoms with Gasteiger partial charge in [0.15, 0.2) is 5.70 Å². The summed E-state index contributed by atoms with van der Waals surface area (Å²) < 4.78 is 12.1. The highest BCUT2D eigenvalue weighted by Crippen LogP contribution is 2.23. The second-order valence-corrected chi connectivity index (χ2v) is 7.62. The van der Waals surface area contributed by atoms with E-state index in [0.29, 0.717) is 23.3 Å². The summed E-state index contributed by atoms with van der Waals surface area (Å²) in [5.41, 5.74) is 2.67. The van der Waals surface area contributed by atoms with Gasteiger partial charge in [0.25, 0.3) is 0 Å². The van der Waals surface area contributed by atoms with Crippen molar-refractivity contribution < 1.29 is 14.3 Å². The van der Waals surface area contributed by atoms with Crippen LogP contribution in [0.1, 0.15) is 16.7 Å². The van der Waals surface area contributed by atoms with Crippen LogP contribution in [0.2, 0.25) is 5.02 Å². The Morgan fingerprint density at radius 2 is 1.83 bits per heavy atom. The molecular weight excluding hydrogens is 454 g/mol. The van der Waals surface area contributed by atoms with E-state index in [4.69, 9.17) is 21.1 Å². The summed E-state index contributed by atoms with van der Waals surface area (Å²) in [5.74, 6) is 0.480. The molecule has 0 fully saturated rings. The number of nitrogens with zero attached hydrogens (tertiary/aromatic N) is 1. The number of aliphatic imine (C=N–C) groups is 1. The van der Waals surface area contributed by atoms with Gasteiger partial charge in [-0.15, -0.1) is 0 Å². The van der Waals surface area contributed by atoms with E-state index >= 15 is 0 Å². The van der Waals surface area contributed by atoms with Crippen LogP contribution in [0.25, 0.3) is 6.08 Å². The fourth-order valence-electron chi connectivity index (χ4n) is 2.75. The fraction of sp³-hybridized carbons (Fsp3) is 0.0435. The molecule has 0 aromatic heterocycles. The number of ether oxygens (including phenoxy) is 2. The smallest absolute Gasteiger partial charge is 0.363 e. The van der Waals surface area contributed by atoms with Crippen LogP contribution in [-0.2, 0) is 16.1 Å². The maximum atomic E-state index is 12.2. The van der Waals surface area contributed by atoms with Crippen molar-refractivity contribution in [2.45, 2.75) is 6.61 Å². The molecule has 0 bridgehead atoms. The van der Waals surface area contributed by atoms with Crippen molar-refractivity contribution in [3.63, 3.8) is 0 Å². The van der Waals surface area contributed by atoms with E-state index in [1.807, 2.05) is 72.8 Å². The van der Waals surface area contributed by atoms with E-state index in [9.17, 15) is 4.79 Å². The quantitative estimate of drug-likeness (QED) is 0.339. The van der Waals surface area contributed by atoms with Crippen LogP contribution in [0.4, 0.5) is 0 Å². The minimum absolute atomic E-state index is 0.242. The molecule has 3 aromatic carbocycles. The zero-order chi connectivity index (χ0) is 20.2. The van der Waals surface area contributed by atoms with Crippen LogP contribution < -0.4 is 4.74 Å². The number of hydrogen-bond acceptors (Lipinski definition) is 4. The van der Waals surface area contributed by atoms with Gasteiger partial charge in [-0.3, -0.25) is 0 Å². The highest BCUT2D eigenvalue weighted by Gasteiger charge is 2.24. The Hall–Kier alpha value is -2.89. The van der Waals surface area contributed by atoms with Gasteiger partial charge in [-0.05, 0) is 54.1 Å². The monoisotopic (exact) mass is 467 g/mol. The second kappa shape index (κ2) is 8.64. The van der Waals surface area contributed by atoms with Crippen molar-refractivity contribution in [3.05, 3.63) is 105 Å². The Labute approximate surface area is 181 Å². The fourth-order valence-corrected chi connectivity index (χ4v) is 3.21. The molecule has 144 valence electrons. The molecule has 0 radical (unpaired) electrons. The Balaban J connectivity index is 1.52. The van der Waals surface area contributed by atoms with Crippen molar-refractivity contribution in [1.82, 2.24) is 0 Å². The average molecular weight is 469 g/mol. The Kier molecular flexibility index (Phi) is 5.79. The molecule has 0 saturated carbocycles. The molecule has 1 aliphatic heterocycles. The summed E-state index contributed by atoms with van der Waals surface area (Å²) in [4.78, 5) is 16.5. The molecule has 0 N–H and O–H groups in total. The lowest BCUT2D eigenvalue weighted by Gasteiger charge is -2.08. The molecule has 6 heteroatoms. The molecule has 1 heterocycles. The van der Waals surface area contributed by atoms with Gasteiger partial charge in [0.1, 0.15) is 12.4 Å². The van der Waals surface area contributed by atoms with Crippen molar-refractivity contribution >= 4 is 45.5 Å². The van der Waals surface area contributed by atoms with Gasteiger partial charge in [0.2, 0.25) is 5.90 Å². The molecule has 29 heavy (non-hydrogen) atoms. The Morgan fingerprint density at radius 3 is 2.62 bits per heavy atom. The van der Waals surface area contributed by atoms with Gasteiger partial charge in [0, 0.05) is 20.6 Å². The maximum absolute atomic E-state index is 12.2. The molecule has 3 aromatic rings. The maximum Gasteiger partial charge on any atom is 0.363 e. The third-order valence-electron chi connectivity index (χ3n) is 4.23. The minimum atomic E-state index is -0.481. The summed E-state index contributed by atoms with van der Waals surface area (Å²) >= 11 is 9.55. The molecule has 0 aliphatic carbocycles. The second-order valence-electron chi connectivity index (χ2n) is 6.30. The number of halogens is 2. The summed E-state index contributed by atoms with van der Waals surface area (Å²) in [6, 6.07) is 22.4. The summed E-state index contributed by atoms with van der Waals surface area (Å²) in [7, 11) is 0. The first-order valence-electron chi connectivity index (χ1n) is 8.83. The minimum Gasteiger partial charge on any atom is -0.489 e. The van der Waals surface area contributed by atoms with Crippen molar-refractivity contribution in [3.8, 4) is 5.75 Å². The number of carbonyl (C=O) groups is 1. The number of benzene rings is 3. The van der Waals surface area contributed by atoms with Crippen LogP contribution in [0.5, 0.6) is 5.75 Å². The average Bonchev–Trinajstić information content (AvgIpc) is 3.08. The predicted octanol–water partition coefficient (Wildman–Crippen LogP) is 6.03. The Morgan fingerprint density at radius 1 is 1.03 bits per heavy atom. The van der Waals surface area contributed by atoms with Gasteiger partial charge in [-0.25, -0.2) is 9.79 Å². The van der Waals surface area contributed by atoms with Crippen molar-refractivity contribution in [2.24, 2.45) is 4.99 Å². The van der Waals surface area contributed by atoms with E-state index in [0.717, 1.165) is 21.2 Å². The SMILES string of the molecule is O=C1OC(c2ccc(Br)cc2)=N/C1=C/c1cccc(OCc2ccccc2Cl)c1. The normalized spacial score (nSPS) is 14.6. The molecule has 0 atom stereocenters. The highest BCUT2D eigenvalue weighted by atomic mass is 79.9.